The first-order valence-corrected chi connectivity index (χ1v) is 7.28. The van der Waals surface area contributed by atoms with E-state index in [0.29, 0.717) is 6.54 Å². The van der Waals surface area contributed by atoms with E-state index in [0.717, 1.165) is 18.4 Å². The maximum absolute atomic E-state index is 12.5. The van der Waals surface area contributed by atoms with Crippen LogP contribution in [0.4, 0.5) is 0 Å². The van der Waals surface area contributed by atoms with Crippen molar-refractivity contribution < 1.29 is 4.79 Å². The van der Waals surface area contributed by atoms with E-state index in [1.807, 2.05) is 60.5 Å². The van der Waals surface area contributed by atoms with Crippen molar-refractivity contribution in [2.45, 2.75) is 18.9 Å². The van der Waals surface area contributed by atoms with Gasteiger partial charge in [-0.3, -0.25) is 4.79 Å². The molecule has 2 rings (SSSR count). The van der Waals surface area contributed by atoms with Gasteiger partial charge < -0.3 is 10.6 Å². The Kier molecular flexibility index (Phi) is 5.52. The van der Waals surface area contributed by atoms with Crippen molar-refractivity contribution in [3.8, 4) is 0 Å². The molecule has 0 spiro atoms. The van der Waals surface area contributed by atoms with Gasteiger partial charge in [-0.25, -0.2) is 0 Å². The molecule has 0 heterocycles. The molecule has 0 fully saturated rings. The predicted octanol–water partition coefficient (Wildman–Crippen LogP) is 2.72. The lowest BCUT2D eigenvalue weighted by Gasteiger charge is -2.28. The Balaban J connectivity index is 2.12. The van der Waals surface area contributed by atoms with Gasteiger partial charge in [-0.1, -0.05) is 48.5 Å². The van der Waals surface area contributed by atoms with E-state index in [4.69, 9.17) is 5.73 Å². The Hall–Kier alpha value is -2.13. The first-order valence-electron chi connectivity index (χ1n) is 7.28. The SMILES string of the molecule is CN(C(=O)c1ccccc1)[C@@H](CCN)Cc1ccccc1. The number of amides is 1. The van der Waals surface area contributed by atoms with Crippen LogP contribution in [0.3, 0.4) is 0 Å². The van der Waals surface area contributed by atoms with Crippen LogP contribution >= 0.6 is 0 Å². The van der Waals surface area contributed by atoms with E-state index in [1.54, 1.807) is 0 Å². The van der Waals surface area contributed by atoms with Gasteiger partial charge in [0, 0.05) is 18.7 Å². The quantitative estimate of drug-likeness (QED) is 0.885. The van der Waals surface area contributed by atoms with Gasteiger partial charge in [-0.05, 0) is 37.1 Å². The van der Waals surface area contributed by atoms with Crippen LogP contribution in [0, 0.1) is 0 Å². The minimum Gasteiger partial charge on any atom is -0.338 e. The van der Waals surface area contributed by atoms with Gasteiger partial charge in [0.2, 0.25) is 0 Å². The van der Waals surface area contributed by atoms with Gasteiger partial charge in [-0.15, -0.1) is 0 Å². The largest absolute Gasteiger partial charge is 0.338 e. The minimum atomic E-state index is 0.0463. The summed E-state index contributed by atoms with van der Waals surface area (Å²) in [6.07, 6.45) is 1.62. The van der Waals surface area contributed by atoms with E-state index in [2.05, 4.69) is 12.1 Å². The predicted molar refractivity (Wildman–Crippen MR) is 86.1 cm³/mol. The van der Waals surface area contributed by atoms with Crippen LogP contribution in [0.1, 0.15) is 22.3 Å². The summed E-state index contributed by atoms with van der Waals surface area (Å²) < 4.78 is 0. The number of benzene rings is 2. The highest BCUT2D eigenvalue weighted by Gasteiger charge is 2.20. The molecule has 3 nitrogen and oxygen atoms in total. The number of carbonyl (C=O) groups is 1. The van der Waals surface area contributed by atoms with Crippen LogP contribution in [0.2, 0.25) is 0 Å². The number of hydrogen-bond acceptors (Lipinski definition) is 2. The molecule has 1 amide bonds. The molecule has 0 aliphatic rings. The second kappa shape index (κ2) is 7.60. The molecule has 0 aliphatic heterocycles. The molecule has 0 aromatic heterocycles. The van der Waals surface area contributed by atoms with Gasteiger partial charge in [0.05, 0.1) is 0 Å². The van der Waals surface area contributed by atoms with E-state index < -0.39 is 0 Å². The zero-order chi connectivity index (χ0) is 15.1. The third-order valence-corrected chi connectivity index (χ3v) is 3.70. The van der Waals surface area contributed by atoms with Crippen LogP contribution in [-0.4, -0.2) is 30.4 Å². The molecule has 2 N–H and O–H groups in total. The molecule has 3 heteroatoms. The first kappa shape index (κ1) is 15.3. The summed E-state index contributed by atoms with van der Waals surface area (Å²) in [5.74, 6) is 0.0463. The number of rotatable bonds is 6. The van der Waals surface area contributed by atoms with Crippen LogP contribution in [-0.2, 0) is 6.42 Å². The maximum Gasteiger partial charge on any atom is 0.253 e. The van der Waals surface area contributed by atoms with Crippen molar-refractivity contribution in [2.75, 3.05) is 13.6 Å². The van der Waals surface area contributed by atoms with Gasteiger partial charge >= 0.3 is 0 Å². The summed E-state index contributed by atoms with van der Waals surface area (Å²) in [6.45, 7) is 0.573. The Bertz CT molecular complexity index is 554. The van der Waals surface area contributed by atoms with Crippen LogP contribution in [0.15, 0.2) is 60.7 Å². The summed E-state index contributed by atoms with van der Waals surface area (Å²) in [6, 6.07) is 19.7. The molecule has 0 saturated heterocycles. The average molecular weight is 282 g/mol. The first-order chi connectivity index (χ1) is 10.2. The monoisotopic (exact) mass is 282 g/mol. The van der Waals surface area contributed by atoms with Crippen molar-refractivity contribution in [3.63, 3.8) is 0 Å². The van der Waals surface area contributed by atoms with E-state index in [-0.39, 0.29) is 11.9 Å². The molecule has 0 bridgehead atoms. The molecule has 1 atom stereocenters. The number of likely N-dealkylation sites (N-methyl/N-ethyl adjacent to an activating group) is 1. The summed E-state index contributed by atoms with van der Waals surface area (Å²) >= 11 is 0. The van der Waals surface area contributed by atoms with E-state index in [9.17, 15) is 4.79 Å². The lowest BCUT2D eigenvalue weighted by atomic mass is 10.0. The Morgan fingerprint density at radius 3 is 2.19 bits per heavy atom. The molecule has 110 valence electrons. The van der Waals surface area contributed by atoms with Crippen molar-refractivity contribution in [2.24, 2.45) is 5.73 Å². The third-order valence-electron chi connectivity index (χ3n) is 3.70. The summed E-state index contributed by atoms with van der Waals surface area (Å²) in [5.41, 5.74) is 7.67. The number of carbonyl (C=O) groups excluding carboxylic acids is 1. The molecule has 0 radical (unpaired) electrons. The summed E-state index contributed by atoms with van der Waals surface area (Å²) in [5, 5.41) is 0. The van der Waals surface area contributed by atoms with Gasteiger partial charge in [-0.2, -0.15) is 0 Å². The molecule has 0 saturated carbocycles. The Labute approximate surface area is 126 Å². The minimum absolute atomic E-state index is 0.0463. The number of nitrogens with two attached hydrogens (primary N) is 1. The van der Waals surface area contributed by atoms with Crippen molar-refractivity contribution >= 4 is 5.91 Å². The highest BCUT2D eigenvalue weighted by Crippen LogP contribution is 2.14. The highest BCUT2D eigenvalue weighted by atomic mass is 16.2. The van der Waals surface area contributed by atoms with Gasteiger partial charge in [0.15, 0.2) is 0 Å². The smallest absolute Gasteiger partial charge is 0.253 e. The molecule has 2 aromatic carbocycles. The zero-order valence-corrected chi connectivity index (χ0v) is 12.4. The van der Waals surface area contributed by atoms with E-state index in [1.165, 1.54) is 5.56 Å². The van der Waals surface area contributed by atoms with Crippen LogP contribution in [0.5, 0.6) is 0 Å². The Morgan fingerprint density at radius 2 is 1.62 bits per heavy atom. The molecule has 0 aliphatic carbocycles. The Morgan fingerprint density at radius 1 is 1.05 bits per heavy atom. The second-order valence-corrected chi connectivity index (χ2v) is 5.20. The zero-order valence-electron chi connectivity index (χ0n) is 12.4. The second-order valence-electron chi connectivity index (χ2n) is 5.20. The van der Waals surface area contributed by atoms with Gasteiger partial charge in [0.25, 0.3) is 5.91 Å². The highest BCUT2D eigenvalue weighted by molar-refractivity contribution is 5.94. The number of nitrogens with zero attached hydrogens (tertiary/aromatic N) is 1. The lowest BCUT2D eigenvalue weighted by Crippen LogP contribution is -2.39. The van der Waals surface area contributed by atoms with Gasteiger partial charge in [0.1, 0.15) is 0 Å². The fourth-order valence-corrected chi connectivity index (χ4v) is 2.46. The van der Waals surface area contributed by atoms with Crippen molar-refractivity contribution in [1.29, 1.82) is 0 Å². The van der Waals surface area contributed by atoms with E-state index >= 15 is 0 Å². The molecule has 2 aromatic rings. The summed E-state index contributed by atoms with van der Waals surface area (Å²) in [4.78, 5) is 14.4. The fraction of sp³-hybridized carbons (Fsp3) is 0.278. The lowest BCUT2D eigenvalue weighted by molar-refractivity contribution is 0.0725. The average Bonchev–Trinajstić information content (AvgIpc) is 2.55. The molecule has 0 unspecified atom stereocenters. The molecular formula is C18H22N2O. The van der Waals surface area contributed by atoms with Crippen molar-refractivity contribution in [1.82, 2.24) is 4.90 Å². The van der Waals surface area contributed by atoms with Crippen LogP contribution < -0.4 is 5.73 Å². The topological polar surface area (TPSA) is 46.3 Å². The standard InChI is InChI=1S/C18H22N2O/c1-20(18(21)16-10-6-3-7-11-16)17(12-13-19)14-15-8-4-2-5-9-15/h2-11,17H,12-14,19H2,1H3/t17-/m0/s1. The van der Waals surface area contributed by atoms with Crippen LogP contribution in [0.25, 0.3) is 0 Å². The maximum atomic E-state index is 12.5. The molecule has 21 heavy (non-hydrogen) atoms. The third kappa shape index (κ3) is 4.17. The summed E-state index contributed by atoms with van der Waals surface area (Å²) in [7, 11) is 1.86. The fourth-order valence-electron chi connectivity index (χ4n) is 2.46. The number of hydrogen-bond donors (Lipinski definition) is 1. The van der Waals surface area contributed by atoms with Crippen molar-refractivity contribution in [3.05, 3.63) is 71.8 Å². The normalized spacial score (nSPS) is 11.9. The molecular weight excluding hydrogens is 260 g/mol.